The lowest BCUT2D eigenvalue weighted by atomic mass is 10.0. The molecule has 0 unspecified atom stereocenters. The van der Waals surface area contributed by atoms with Gasteiger partial charge in [-0.15, -0.1) is 11.3 Å². The number of likely N-dealkylation sites (N-methyl/N-ethyl adjacent to an activating group) is 1. The molecule has 2 N–H and O–H groups in total. The Morgan fingerprint density at radius 1 is 1.02 bits per heavy atom. The quantitative estimate of drug-likeness (QED) is 0.211. The van der Waals surface area contributed by atoms with E-state index in [1.807, 2.05) is 42.0 Å². The average molecular weight is 696 g/mol. The Morgan fingerprint density at radius 2 is 1.84 bits per heavy atom. The predicted octanol–water partition coefficient (Wildman–Crippen LogP) is 6.80. The highest BCUT2D eigenvalue weighted by molar-refractivity contribution is 7.22. The first-order valence-electron chi connectivity index (χ1n) is 17.5. The third kappa shape index (κ3) is 9.01. The van der Waals surface area contributed by atoms with Crippen LogP contribution in [-0.2, 0) is 17.8 Å². The second-order valence-corrected chi connectivity index (χ2v) is 14.3. The first-order valence-corrected chi connectivity index (χ1v) is 18.3. The molecule has 50 heavy (non-hydrogen) atoms. The van der Waals surface area contributed by atoms with Gasteiger partial charge >= 0.3 is 6.03 Å². The normalized spacial score (nSPS) is 16.7. The van der Waals surface area contributed by atoms with Crippen molar-refractivity contribution in [1.29, 1.82) is 0 Å². The monoisotopic (exact) mass is 695 g/mol. The summed E-state index contributed by atoms with van der Waals surface area (Å²) in [6, 6.07) is 12.8. The molecule has 0 spiro atoms. The molecular formula is C39H46FN7O2S. The second kappa shape index (κ2) is 16.5. The van der Waals surface area contributed by atoms with E-state index in [1.54, 1.807) is 24.0 Å². The Balaban J connectivity index is 0.000000174. The summed E-state index contributed by atoms with van der Waals surface area (Å²) in [7, 11) is 2.19. The number of allylic oxidation sites excluding steroid dienone is 2. The van der Waals surface area contributed by atoms with Crippen LogP contribution in [0, 0.1) is 12.7 Å². The van der Waals surface area contributed by atoms with Gasteiger partial charge in [-0.25, -0.2) is 9.18 Å². The van der Waals surface area contributed by atoms with Gasteiger partial charge < -0.3 is 20.4 Å². The number of hydrogen-bond acceptors (Lipinski definition) is 7. The van der Waals surface area contributed by atoms with Crippen molar-refractivity contribution in [2.24, 2.45) is 0 Å². The van der Waals surface area contributed by atoms with Crippen molar-refractivity contribution in [2.45, 2.75) is 52.1 Å². The number of amides is 3. The minimum atomic E-state index is -0.396. The van der Waals surface area contributed by atoms with Crippen LogP contribution < -0.4 is 10.6 Å². The number of fused-ring (bicyclic) bond motifs is 1. The van der Waals surface area contributed by atoms with Gasteiger partial charge in [0.15, 0.2) is 0 Å². The molecule has 3 amide bonds. The number of halogens is 1. The van der Waals surface area contributed by atoms with Crippen LogP contribution in [0.5, 0.6) is 0 Å². The van der Waals surface area contributed by atoms with Crippen molar-refractivity contribution in [1.82, 2.24) is 30.0 Å². The second-order valence-electron chi connectivity index (χ2n) is 13.3. The third-order valence-electron chi connectivity index (χ3n) is 9.27. The average Bonchev–Trinajstić information content (AvgIpc) is 3.55. The molecule has 4 aromatic rings. The highest BCUT2D eigenvalue weighted by Crippen LogP contribution is 2.34. The van der Waals surface area contributed by atoms with Crippen LogP contribution in [0.3, 0.4) is 0 Å². The summed E-state index contributed by atoms with van der Waals surface area (Å²) in [5.41, 5.74) is 6.50. The molecule has 2 fully saturated rings. The van der Waals surface area contributed by atoms with E-state index < -0.39 is 6.03 Å². The molecule has 0 bridgehead atoms. The summed E-state index contributed by atoms with van der Waals surface area (Å²) in [6.45, 7) is 10.4. The lowest BCUT2D eigenvalue weighted by Crippen LogP contribution is -2.61. The Bertz CT molecular complexity index is 1860. The number of pyridine rings is 2. The van der Waals surface area contributed by atoms with E-state index in [1.165, 1.54) is 26.8 Å². The maximum absolute atomic E-state index is 13.5. The van der Waals surface area contributed by atoms with Gasteiger partial charge in [0, 0.05) is 69.5 Å². The van der Waals surface area contributed by atoms with Gasteiger partial charge in [0.25, 0.3) is 5.91 Å². The zero-order chi connectivity index (χ0) is 35.0. The van der Waals surface area contributed by atoms with Gasteiger partial charge in [-0.05, 0) is 80.3 Å². The van der Waals surface area contributed by atoms with Crippen LogP contribution in [-0.4, -0.2) is 89.0 Å². The topological polar surface area (TPSA) is 93.7 Å². The van der Waals surface area contributed by atoms with E-state index in [2.05, 4.69) is 63.7 Å². The molecule has 0 atom stereocenters. The summed E-state index contributed by atoms with van der Waals surface area (Å²) >= 11 is 1.82. The smallest absolute Gasteiger partial charge is 0.319 e. The van der Waals surface area contributed by atoms with Crippen LogP contribution in [0.4, 0.5) is 14.9 Å². The first-order chi connectivity index (χ1) is 24.2. The van der Waals surface area contributed by atoms with E-state index >= 15 is 0 Å². The summed E-state index contributed by atoms with van der Waals surface area (Å²) < 4.78 is 14.8. The molecule has 9 nitrogen and oxygen atoms in total. The van der Waals surface area contributed by atoms with E-state index in [0.29, 0.717) is 24.3 Å². The largest absolute Gasteiger partial charge is 0.334 e. The molecule has 3 aliphatic rings. The number of likely N-dealkylation sites (tertiary alicyclic amines) is 1. The van der Waals surface area contributed by atoms with Crippen molar-refractivity contribution < 1.29 is 14.0 Å². The molecule has 1 aromatic carbocycles. The fraction of sp³-hybridized carbons (Fsp3) is 0.385. The molecule has 2 aliphatic heterocycles. The molecule has 2 saturated heterocycles. The number of carbonyl (C=O) groups excluding carboxylic acids is 2. The van der Waals surface area contributed by atoms with Gasteiger partial charge in [-0.2, -0.15) is 0 Å². The lowest BCUT2D eigenvalue weighted by molar-refractivity contribution is -0.131. The molecular weight excluding hydrogens is 650 g/mol. The van der Waals surface area contributed by atoms with Crippen molar-refractivity contribution >= 4 is 39.2 Å². The third-order valence-corrected chi connectivity index (χ3v) is 10.5. The number of urea groups is 1. The zero-order valence-corrected chi connectivity index (χ0v) is 29.9. The van der Waals surface area contributed by atoms with Crippen LogP contribution in [0.2, 0.25) is 0 Å². The Labute approximate surface area is 297 Å². The number of hydrogen-bond donors (Lipinski definition) is 2. The van der Waals surface area contributed by atoms with E-state index in [9.17, 15) is 14.0 Å². The molecule has 11 heteroatoms. The molecule has 262 valence electrons. The van der Waals surface area contributed by atoms with E-state index in [-0.39, 0.29) is 17.8 Å². The number of carbonyl (C=O) groups is 2. The van der Waals surface area contributed by atoms with Crippen LogP contribution in [0.25, 0.3) is 20.8 Å². The number of thiophene rings is 1. The van der Waals surface area contributed by atoms with Gasteiger partial charge in [-0.1, -0.05) is 43.7 Å². The first kappa shape index (κ1) is 35.4. The number of nitrogens with one attached hydrogen (secondary N) is 2. The number of aromatic nitrogens is 2. The van der Waals surface area contributed by atoms with Crippen molar-refractivity contribution in [3.8, 4) is 10.6 Å². The van der Waals surface area contributed by atoms with Crippen LogP contribution in [0.15, 0.2) is 78.7 Å². The lowest BCUT2D eigenvalue weighted by Gasteiger charge is -2.39. The predicted molar refractivity (Wildman–Crippen MR) is 200 cm³/mol. The van der Waals surface area contributed by atoms with E-state index in [4.69, 9.17) is 4.98 Å². The van der Waals surface area contributed by atoms with Crippen LogP contribution >= 0.6 is 11.3 Å². The summed E-state index contributed by atoms with van der Waals surface area (Å²) in [5, 5.41) is 5.38. The Morgan fingerprint density at radius 3 is 2.54 bits per heavy atom. The highest BCUT2D eigenvalue weighted by Gasteiger charge is 2.32. The van der Waals surface area contributed by atoms with Gasteiger partial charge in [0.1, 0.15) is 5.82 Å². The number of piperazine rings is 1. The van der Waals surface area contributed by atoms with Crippen molar-refractivity contribution in [3.05, 3.63) is 101 Å². The summed E-state index contributed by atoms with van der Waals surface area (Å²) in [5.74, 6) is -0.355. The minimum Gasteiger partial charge on any atom is -0.334 e. The fourth-order valence-corrected chi connectivity index (χ4v) is 7.36. The number of rotatable bonds is 8. The molecule has 7 rings (SSSR count). The summed E-state index contributed by atoms with van der Waals surface area (Å²) in [6.07, 6.45) is 13.9. The molecule has 5 heterocycles. The highest BCUT2D eigenvalue weighted by atomic mass is 32.1. The van der Waals surface area contributed by atoms with Crippen molar-refractivity contribution in [3.63, 3.8) is 0 Å². The minimum absolute atomic E-state index is 0.00464. The van der Waals surface area contributed by atoms with Gasteiger partial charge in [0.2, 0.25) is 0 Å². The molecule has 1 aliphatic carbocycles. The number of benzene rings is 1. The van der Waals surface area contributed by atoms with Gasteiger partial charge in [0.05, 0.1) is 26.8 Å². The van der Waals surface area contributed by atoms with Crippen LogP contribution in [0.1, 0.15) is 42.9 Å². The number of aryl methyl sites for hydroxylation is 2. The van der Waals surface area contributed by atoms with Gasteiger partial charge in [-0.3, -0.25) is 19.7 Å². The fourth-order valence-electron chi connectivity index (χ4n) is 6.22. The zero-order valence-electron chi connectivity index (χ0n) is 29.1. The molecule has 3 aromatic heterocycles. The Kier molecular flexibility index (Phi) is 11.7. The maximum Gasteiger partial charge on any atom is 0.319 e. The van der Waals surface area contributed by atoms with Crippen molar-refractivity contribution in [2.75, 3.05) is 51.6 Å². The van der Waals surface area contributed by atoms with E-state index in [0.717, 1.165) is 75.2 Å². The molecule has 0 radical (unpaired) electrons. The Hall–Kier alpha value is -4.45. The number of anilines is 1. The number of nitrogens with zero attached hydrogens (tertiary/aromatic N) is 5. The SMILES string of the molecule is CCCc1ccnc2cc(-c3ccc(CN4CCN(C)CC4)cn3)sc12.Cc1ccc(NC(=O)NC2CN(C(=O)C3=CCCC=C3)C2)cc1F. The standard InChI is InChI=1S/C21H26N4S.C18H20FN3O2/c1-3-4-17-7-8-22-19-13-20(26-21(17)19)18-6-5-16(14-23-18)15-25-11-9-24(2)10-12-25;1-12-7-8-14(9-16(12)19)20-18(24)21-15-10-22(11-15)17(23)13-5-3-2-4-6-13/h5-8,13-14H,3-4,9-12,15H2,1-2H3;3,5-9,15H,2,4,10-11H2,1H3,(H2,20,21,24). The molecule has 0 saturated carbocycles. The summed E-state index contributed by atoms with van der Waals surface area (Å²) in [4.78, 5) is 41.2. The maximum atomic E-state index is 13.5.